The van der Waals surface area contributed by atoms with Crippen LogP contribution in [0.2, 0.25) is 0 Å². The number of hydrogen-bond acceptors (Lipinski definition) is 3. The maximum absolute atomic E-state index is 5.84. The first kappa shape index (κ1) is 12.0. The zero-order chi connectivity index (χ0) is 11.1. The van der Waals surface area contributed by atoms with Gasteiger partial charge in [0.25, 0.3) is 0 Å². The quantitative estimate of drug-likeness (QED) is 0.440. The molecular weight excluding hydrogens is 214 g/mol. The Balaban J connectivity index is 3.04. The topological polar surface area (TPSA) is 30.8 Å². The first-order valence-corrected chi connectivity index (χ1v) is 5.10. The summed E-state index contributed by atoms with van der Waals surface area (Å²) in [4.78, 5) is 4.78. The maximum Gasteiger partial charge on any atom is 0.113 e. The molecule has 0 atom stereocenters. The molecule has 0 spiro atoms. The number of benzene rings is 1. The van der Waals surface area contributed by atoms with Gasteiger partial charge in [0, 0.05) is 18.6 Å². The van der Waals surface area contributed by atoms with Crippen molar-refractivity contribution in [3.8, 4) is 0 Å². The Morgan fingerprint density at radius 2 is 2.07 bits per heavy atom. The molecule has 0 heterocycles. The Kier molecular flexibility index (Phi) is 5.15. The zero-order valence-corrected chi connectivity index (χ0v) is 9.62. The van der Waals surface area contributed by atoms with Crippen LogP contribution >= 0.6 is 11.6 Å². The smallest absolute Gasteiger partial charge is 0.113 e. The lowest BCUT2D eigenvalue weighted by atomic mass is 10.0. The van der Waals surface area contributed by atoms with E-state index in [0.717, 1.165) is 16.8 Å². The molecule has 0 aromatic heterocycles. The molecule has 0 fully saturated rings. The lowest BCUT2D eigenvalue weighted by Gasteiger charge is -2.08. The van der Waals surface area contributed by atoms with E-state index in [2.05, 4.69) is 5.16 Å². The van der Waals surface area contributed by atoms with Crippen LogP contribution in [0.3, 0.4) is 0 Å². The maximum atomic E-state index is 5.84. The minimum absolute atomic E-state index is 0.405. The number of halogens is 1. The van der Waals surface area contributed by atoms with Crippen molar-refractivity contribution < 1.29 is 9.57 Å². The largest absolute Gasteiger partial charge is 0.399 e. The van der Waals surface area contributed by atoms with Crippen LogP contribution in [0.4, 0.5) is 0 Å². The molecule has 0 aliphatic heterocycles. The molecule has 0 bridgehead atoms. The molecule has 1 aromatic carbocycles. The highest BCUT2D eigenvalue weighted by molar-refractivity contribution is 6.18. The van der Waals surface area contributed by atoms with Crippen LogP contribution in [0.1, 0.15) is 11.1 Å². The molecule has 0 aliphatic rings. The van der Waals surface area contributed by atoms with E-state index in [0.29, 0.717) is 12.5 Å². The summed E-state index contributed by atoms with van der Waals surface area (Å²) < 4.78 is 5.06. The average molecular weight is 228 g/mol. The number of alkyl halides is 1. The van der Waals surface area contributed by atoms with Crippen molar-refractivity contribution in [2.24, 2.45) is 5.16 Å². The molecule has 1 rings (SSSR count). The summed E-state index contributed by atoms with van der Waals surface area (Å²) in [6, 6.07) is 7.79. The van der Waals surface area contributed by atoms with Crippen molar-refractivity contribution in [2.45, 2.75) is 5.88 Å². The monoisotopic (exact) mass is 227 g/mol. The number of rotatable bonds is 5. The fourth-order valence-corrected chi connectivity index (χ4v) is 1.55. The second kappa shape index (κ2) is 6.43. The van der Waals surface area contributed by atoms with Crippen LogP contribution in [0, 0.1) is 0 Å². The number of oxime groups is 1. The standard InChI is InChI=1S/C11H14ClNO2/c1-14-8-11(13-15-2)10-6-4-3-5-9(10)7-12/h3-6H,7-8H2,1-2H3. The molecule has 0 radical (unpaired) electrons. The van der Waals surface area contributed by atoms with Crippen molar-refractivity contribution in [3.63, 3.8) is 0 Å². The van der Waals surface area contributed by atoms with E-state index in [4.69, 9.17) is 21.2 Å². The molecule has 0 aliphatic carbocycles. The van der Waals surface area contributed by atoms with Gasteiger partial charge in [-0.3, -0.25) is 0 Å². The fraction of sp³-hybridized carbons (Fsp3) is 0.364. The van der Waals surface area contributed by atoms with Crippen LogP contribution in [0.5, 0.6) is 0 Å². The van der Waals surface area contributed by atoms with E-state index < -0.39 is 0 Å². The van der Waals surface area contributed by atoms with Gasteiger partial charge in [-0.25, -0.2) is 0 Å². The molecular formula is C11H14ClNO2. The molecule has 3 nitrogen and oxygen atoms in total. The summed E-state index contributed by atoms with van der Waals surface area (Å²) in [6.45, 7) is 0.405. The van der Waals surface area contributed by atoms with Gasteiger partial charge in [0.2, 0.25) is 0 Å². The Hall–Kier alpha value is -1.06. The minimum Gasteiger partial charge on any atom is -0.399 e. The summed E-state index contributed by atoms with van der Waals surface area (Å²) in [6.07, 6.45) is 0. The number of nitrogens with zero attached hydrogens (tertiary/aromatic N) is 1. The molecule has 0 N–H and O–H groups in total. The number of methoxy groups -OCH3 is 1. The van der Waals surface area contributed by atoms with Gasteiger partial charge in [0.1, 0.15) is 12.8 Å². The minimum atomic E-state index is 0.405. The van der Waals surface area contributed by atoms with Crippen molar-refractivity contribution in [2.75, 3.05) is 20.8 Å². The second-order valence-electron chi connectivity index (χ2n) is 2.94. The SMILES string of the molecule is COCC(=NOC)c1ccccc1CCl. The zero-order valence-electron chi connectivity index (χ0n) is 8.87. The highest BCUT2D eigenvalue weighted by atomic mass is 35.5. The molecule has 0 saturated carbocycles. The Bertz CT molecular complexity index is 339. The molecule has 0 amide bonds. The molecule has 15 heavy (non-hydrogen) atoms. The highest BCUT2D eigenvalue weighted by Gasteiger charge is 2.08. The van der Waals surface area contributed by atoms with E-state index in [1.165, 1.54) is 7.11 Å². The van der Waals surface area contributed by atoms with Gasteiger partial charge in [0.15, 0.2) is 0 Å². The van der Waals surface area contributed by atoms with Gasteiger partial charge in [-0.05, 0) is 5.56 Å². The Labute approximate surface area is 94.6 Å². The molecule has 82 valence electrons. The van der Waals surface area contributed by atoms with Crippen LogP contribution in [-0.4, -0.2) is 26.5 Å². The van der Waals surface area contributed by atoms with Crippen molar-refractivity contribution in [1.82, 2.24) is 0 Å². The van der Waals surface area contributed by atoms with Gasteiger partial charge < -0.3 is 9.57 Å². The first-order chi connectivity index (χ1) is 7.33. The van der Waals surface area contributed by atoms with Gasteiger partial charge in [-0.2, -0.15) is 0 Å². The Morgan fingerprint density at radius 3 is 2.67 bits per heavy atom. The summed E-state index contributed by atoms with van der Waals surface area (Å²) in [5.41, 5.74) is 2.74. The number of hydrogen-bond donors (Lipinski definition) is 0. The van der Waals surface area contributed by atoms with Crippen molar-refractivity contribution in [1.29, 1.82) is 0 Å². The third-order valence-corrected chi connectivity index (χ3v) is 2.24. The predicted molar refractivity (Wildman–Crippen MR) is 61.4 cm³/mol. The van der Waals surface area contributed by atoms with Crippen LogP contribution in [0.15, 0.2) is 29.4 Å². The average Bonchev–Trinajstić information content (AvgIpc) is 2.29. The van der Waals surface area contributed by atoms with Gasteiger partial charge in [-0.15, -0.1) is 11.6 Å². The van der Waals surface area contributed by atoms with E-state index in [-0.39, 0.29) is 0 Å². The summed E-state index contributed by atoms with van der Waals surface area (Å²) in [5.74, 6) is 0.447. The second-order valence-corrected chi connectivity index (χ2v) is 3.21. The normalized spacial score (nSPS) is 11.5. The first-order valence-electron chi connectivity index (χ1n) is 4.56. The van der Waals surface area contributed by atoms with E-state index >= 15 is 0 Å². The molecule has 0 unspecified atom stereocenters. The third kappa shape index (κ3) is 3.22. The van der Waals surface area contributed by atoms with Crippen molar-refractivity contribution in [3.05, 3.63) is 35.4 Å². The lowest BCUT2D eigenvalue weighted by molar-refractivity contribution is 0.201. The third-order valence-electron chi connectivity index (χ3n) is 1.95. The van der Waals surface area contributed by atoms with Crippen LogP contribution in [-0.2, 0) is 15.5 Å². The van der Waals surface area contributed by atoms with Crippen molar-refractivity contribution >= 4 is 17.3 Å². The van der Waals surface area contributed by atoms with Crippen LogP contribution < -0.4 is 0 Å². The van der Waals surface area contributed by atoms with Gasteiger partial charge in [0.05, 0.1) is 6.61 Å². The molecule has 0 saturated heterocycles. The van der Waals surface area contributed by atoms with E-state index in [9.17, 15) is 0 Å². The molecule has 1 aromatic rings. The Morgan fingerprint density at radius 1 is 1.33 bits per heavy atom. The summed E-state index contributed by atoms with van der Waals surface area (Å²) in [7, 11) is 3.13. The lowest BCUT2D eigenvalue weighted by Crippen LogP contribution is -2.11. The number of ether oxygens (including phenoxy) is 1. The fourth-order valence-electron chi connectivity index (χ4n) is 1.32. The van der Waals surface area contributed by atoms with E-state index in [1.54, 1.807) is 7.11 Å². The summed E-state index contributed by atoms with van der Waals surface area (Å²) in [5, 5.41) is 3.93. The van der Waals surface area contributed by atoms with Gasteiger partial charge in [-0.1, -0.05) is 29.4 Å². The predicted octanol–water partition coefficient (Wildman–Crippen LogP) is 2.42. The molecule has 4 heteroatoms. The van der Waals surface area contributed by atoms with E-state index in [1.807, 2.05) is 24.3 Å². The summed E-state index contributed by atoms with van der Waals surface area (Å²) >= 11 is 5.84. The van der Waals surface area contributed by atoms with Crippen LogP contribution in [0.25, 0.3) is 0 Å². The van der Waals surface area contributed by atoms with Gasteiger partial charge >= 0.3 is 0 Å². The highest BCUT2D eigenvalue weighted by Crippen LogP contribution is 2.13.